The van der Waals surface area contributed by atoms with E-state index in [-0.39, 0.29) is 12.1 Å². The number of fused-ring (bicyclic) bond motifs is 1. The summed E-state index contributed by atoms with van der Waals surface area (Å²) in [6, 6.07) is 7.07. The third kappa shape index (κ3) is 2.67. The molecule has 0 aliphatic rings. The SMILES string of the molecule is CC(=O)NC(=O)Cn1nc(C)c2ccccc2c1=O. The fourth-order valence-electron chi connectivity index (χ4n) is 1.88. The Morgan fingerprint density at radius 3 is 2.53 bits per heavy atom. The zero-order valence-corrected chi connectivity index (χ0v) is 10.6. The number of aryl methyl sites for hydroxylation is 1. The molecule has 0 aliphatic heterocycles. The largest absolute Gasteiger partial charge is 0.295 e. The standard InChI is InChI=1S/C13H13N3O3/c1-8-10-5-3-4-6-11(10)13(19)16(15-8)7-12(18)14-9(2)17/h3-6H,7H2,1-2H3,(H,14,17,18). The predicted molar refractivity (Wildman–Crippen MR) is 69.6 cm³/mol. The van der Waals surface area contributed by atoms with Gasteiger partial charge in [-0.1, -0.05) is 18.2 Å². The molecule has 0 aliphatic carbocycles. The van der Waals surface area contributed by atoms with E-state index in [9.17, 15) is 14.4 Å². The van der Waals surface area contributed by atoms with Crippen LogP contribution in [0.1, 0.15) is 12.6 Å². The number of carbonyl (C=O) groups excluding carboxylic acids is 2. The highest BCUT2D eigenvalue weighted by Crippen LogP contribution is 2.11. The molecule has 6 heteroatoms. The van der Waals surface area contributed by atoms with Gasteiger partial charge in [0, 0.05) is 12.3 Å². The molecule has 2 aromatic rings. The van der Waals surface area contributed by atoms with Crippen LogP contribution in [0, 0.1) is 6.92 Å². The van der Waals surface area contributed by atoms with Crippen LogP contribution in [0.4, 0.5) is 0 Å². The van der Waals surface area contributed by atoms with Crippen LogP contribution >= 0.6 is 0 Å². The average Bonchev–Trinajstić information content (AvgIpc) is 2.34. The molecule has 2 amide bonds. The van der Waals surface area contributed by atoms with Gasteiger partial charge in [-0.05, 0) is 13.0 Å². The van der Waals surface area contributed by atoms with Crippen LogP contribution in [0.2, 0.25) is 0 Å². The number of carbonyl (C=O) groups is 2. The van der Waals surface area contributed by atoms with E-state index in [4.69, 9.17) is 0 Å². The summed E-state index contributed by atoms with van der Waals surface area (Å²) in [6.45, 7) is 2.73. The lowest BCUT2D eigenvalue weighted by molar-refractivity contribution is -0.129. The summed E-state index contributed by atoms with van der Waals surface area (Å²) in [5, 5.41) is 7.45. The van der Waals surface area contributed by atoms with E-state index in [2.05, 4.69) is 10.4 Å². The van der Waals surface area contributed by atoms with Gasteiger partial charge in [0.05, 0.1) is 11.1 Å². The first-order valence-corrected chi connectivity index (χ1v) is 5.76. The monoisotopic (exact) mass is 259 g/mol. The van der Waals surface area contributed by atoms with Crippen molar-refractivity contribution in [1.29, 1.82) is 0 Å². The number of nitrogens with zero attached hydrogens (tertiary/aromatic N) is 2. The van der Waals surface area contributed by atoms with Gasteiger partial charge in [0.1, 0.15) is 6.54 Å². The summed E-state index contributed by atoms with van der Waals surface area (Å²) in [6.07, 6.45) is 0. The van der Waals surface area contributed by atoms with Crippen molar-refractivity contribution in [1.82, 2.24) is 15.1 Å². The molecule has 0 radical (unpaired) electrons. The summed E-state index contributed by atoms with van der Waals surface area (Å²) in [7, 11) is 0. The first kappa shape index (κ1) is 12.9. The molecule has 0 saturated carbocycles. The molecule has 1 aromatic heterocycles. The lowest BCUT2D eigenvalue weighted by atomic mass is 10.1. The fraction of sp³-hybridized carbons (Fsp3) is 0.231. The number of aromatic nitrogens is 2. The van der Waals surface area contributed by atoms with Crippen LogP contribution in [0.15, 0.2) is 29.1 Å². The van der Waals surface area contributed by atoms with E-state index < -0.39 is 11.8 Å². The average molecular weight is 259 g/mol. The van der Waals surface area contributed by atoms with Crippen molar-refractivity contribution in [2.24, 2.45) is 0 Å². The van der Waals surface area contributed by atoms with E-state index in [1.165, 1.54) is 6.92 Å². The van der Waals surface area contributed by atoms with Crippen molar-refractivity contribution >= 4 is 22.6 Å². The fourth-order valence-corrected chi connectivity index (χ4v) is 1.88. The number of hydrogen-bond donors (Lipinski definition) is 1. The van der Waals surface area contributed by atoms with Crippen LogP contribution in [0.3, 0.4) is 0 Å². The maximum absolute atomic E-state index is 12.1. The molecule has 1 heterocycles. The molecule has 0 saturated heterocycles. The van der Waals surface area contributed by atoms with Crippen LogP contribution in [-0.2, 0) is 16.1 Å². The second-order valence-electron chi connectivity index (χ2n) is 4.20. The highest BCUT2D eigenvalue weighted by atomic mass is 16.2. The molecule has 6 nitrogen and oxygen atoms in total. The highest BCUT2D eigenvalue weighted by Gasteiger charge is 2.11. The molecule has 0 fully saturated rings. The number of rotatable bonds is 2. The van der Waals surface area contributed by atoms with Gasteiger partial charge in [0.2, 0.25) is 11.8 Å². The lowest BCUT2D eigenvalue weighted by Crippen LogP contribution is -2.36. The number of benzene rings is 1. The van der Waals surface area contributed by atoms with E-state index in [1.807, 2.05) is 6.07 Å². The minimum atomic E-state index is -0.559. The van der Waals surface area contributed by atoms with Gasteiger partial charge >= 0.3 is 0 Å². The minimum absolute atomic E-state index is 0.274. The molecule has 19 heavy (non-hydrogen) atoms. The first-order valence-electron chi connectivity index (χ1n) is 5.76. The van der Waals surface area contributed by atoms with Crippen LogP contribution < -0.4 is 10.9 Å². The second-order valence-corrected chi connectivity index (χ2v) is 4.20. The number of amides is 2. The Labute approximate surface area is 109 Å². The molecule has 98 valence electrons. The van der Waals surface area contributed by atoms with Crippen LogP contribution in [0.25, 0.3) is 10.8 Å². The summed E-state index contributed by atoms with van der Waals surface area (Å²) in [4.78, 5) is 34.4. The molecule has 2 rings (SSSR count). The number of imide groups is 1. The summed E-state index contributed by atoms with van der Waals surface area (Å²) >= 11 is 0. The van der Waals surface area contributed by atoms with E-state index in [1.54, 1.807) is 25.1 Å². The predicted octanol–water partition coefficient (Wildman–Crippen LogP) is 0.368. The Morgan fingerprint density at radius 2 is 1.89 bits per heavy atom. The zero-order valence-electron chi connectivity index (χ0n) is 10.6. The third-order valence-electron chi connectivity index (χ3n) is 2.66. The summed E-state index contributed by atoms with van der Waals surface area (Å²) in [5.41, 5.74) is 0.311. The zero-order chi connectivity index (χ0) is 14.0. The molecule has 0 unspecified atom stereocenters. The van der Waals surface area contributed by atoms with E-state index in [0.29, 0.717) is 11.1 Å². The van der Waals surface area contributed by atoms with Gasteiger partial charge < -0.3 is 0 Å². The molecule has 0 atom stereocenters. The molecule has 1 aromatic carbocycles. The lowest BCUT2D eigenvalue weighted by Gasteiger charge is -2.08. The quantitative estimate of drug-likeness (QED) is 0.844. The molecular weight excluding hydrogens is 246 g/mol. The van der Waals surface area contributed by atoms with Gasteiger partial charge in [-0.25, -0.2) is 4.68 Å². The van der Waals surface area contributed by atoms with Crippen LogP contribution in [-0.4, -0.2) is 21.6 Å². The molecule has 0 bridgehead atoms. The van der Waals surface area contributed by atoms with Crippen molar-refractivity contribution < 1.29 is 9.59 Å². The molecular formula is C13H13N3O3. The van der Waals surface area contributed by atoms with Gasteiger partial charge in [0.15, 0.2) is 0 Å². The van der Waals surface area contributed by atoms with E-state index in [0.717, 1.165) is 10.1 Å². The Morgan fingerprint density at radius 1 is 1.26 bits per heavy atom. The highest BCUT2D eigenvalue weighted by molar-refractivity contribution is 5.94. The van der Waals surface area contributed by atoms with Gasteiger partial charge in [0.25, 0.3) is 5.56 Å². The van der Waals surface area contributed by atoms with Crippen LogP contribution in [0.5, 0.6) is 0 Å². The minimum Gasteiger partial charge on any atom is -0.295 e. The summed E-state index contributed by atoms with van der Waals surface area (Å²) < 4.78 is 1.07. The topological polar surface area (TPSA) is 81.1 Å². The molecule has 1 N–H and O–H groups in total. The number of hydrogen-bond acceptors (Lipinski definition) is 4. The second kappa shape index (κ2) is 5.01. The normalized spacial score (nSPS) is 10.4. The Balaban J connectivity index is 2.45. The Hall–Kier alpha value is -2.50. The van der Waals surface area contributed by atoms with Gasteiger partial charge in [-0.15, -0.1) is 0 Å². The Bertz CT molecular complexity index is 719. The van der Waals surface area contributed by atoms with Crippen molar-refractivity contribution in [3.63, 3.8) is 0 Å². The maximum Gasteiger partial charge on any atom is 0.275 e. The van der Waals surface area contributed by atoms with Crippen molar-refractivity contribution in [3.8, 4) is 0 Å². The third-order valence-corrected chi connectivity index (χ3v) is 2.66. The van der Waals surface area contributed by atoms with Gasteiger partial charge in [-0.3, -0.25) is 19.7 Å². The van der Waals surface area contributed by atoms with E-state index >= 15 is 0 Å². The van der Waals surface area contributed by atoms with Gasteiger partial charge in [-0.2, -0.15) is 5.10 Å². The van der Waals surface area contributed by atoms with Crippen molar-refractivity contribution in [3.05, 3.63) is 40.3 Å². The molecule has 0 spiro atoms. The Kier molecular flexibility index (Phi) is 3.41. The first-order chi connectivity index (χ1) is 8.99. The van der Waals surface area contributed by atoms with Crippen molar-refractivity contribution in [2.75, 3.05) is 0 Å². The summed E-state index contributed by atoms with van der Waals surface area (Å²) in [5.74, 6) is -1.02. The maximum atomic E-state index is 12.1. The smallest absolute Gasteiger partial charge is 0.275 e. The number of nitrogens with one attached hydrogen (secondary N) is 1. The van der Waals surface area contributed by atoms with Crippen molar-refractivity contribution in [2.45, 2.75) is 20.4 Å².